The molecule has 3 N–H and O–H groups in total. The van der Waals surface area contributed by atoms with E-state index in [0.29, 0.717) is 27.7 Å². The number of nitrogens with zero attached hydrogens (tertiary/aromatic N) is 2. The lowest BCUT2D eigenvalue weighted by Crippen LogP contribution is -2.30. The molecule has 0 radical (unpaired) electrons. The number of nitrogens with one attached hydrogen (secondary N) is 1. The van der Waals surface area contributed by atoms with E-state index < -0.39 is 7.12 Å². The average molecular weight is 293 g/mol. The van der Waals surface area contributed by atoms with Crippen LogP contribution in [0.3, 0.4) is 0 Å². The van der Waals surface area contributed by atoms with Crippen LogP contribution in [0, 0.1) is 0 Å². The first-order valence-corrected chi connectivity index (χ1v) is 6.66. The van der Waals surface area contributed by atoms with E-state index >= 15 is 0 Å². The Labute approximate surface area is 119 Å². The zero-order valence-corrected chi connectivity index (χ0v) is 11.4. The van der Waals surface area contributed by atoms with Crippen molar-refractivity contribution in [3.8, 4) is 5.75 Å². The zero-order chi connectivity index (χ0) is 14.5. The average Bonchev–Trinajstić information content (AvgIpc) is 2.84. The minimum atomic E-state index is -1.57. The molecule has 0 unspecified atom stereocenters. The molecule has 0 aromatic heterocycles. The van der Waals surface area contributed by atoms with Crippen molar-refractivity contribution in [1.82, 2.24) is 5.32 Å². The number of methoxy groups -OCH3 is 1. The molecule has 1 heterocycles. The van der Waals surface area contributed by atoms with Crippen molar-refractivity contribution in [2.75, 3.05) is 12.9 Å². The SMILES string of the molecule is COc1ccc(B(O)O)cc1C=NN=C1NC(=O)CS1. The number of carbonyl (C=O) groups is 1. The highest BCUT2D eigenvalue weighted by Gasteiger charge is 2.16. The molecule has 1 aromatic carbocycles. The molecule has 0 atom stereocenters. The summed E-state index contributed by atoms with van der Waals surface area (Å²) in [6.45, 7) is 0. The van der Waals surface area contributed by atoms with Crippen molar-refractivity contribution in [2.24, 2.45) is 10.2 Å². The van der Waals surface area contributed by atoms with Gasteiger partial charge in [0.2, 0.25) is 5.91 Å². The van der Waals surface area contributed by atoms with Crippen LogP contribution in [-0.2, 0) is 4.79 Å². The quantitative estimate of drug-likeness (QED) is 0.372. The van der Waals surface area contributed by atoms with Gasteiger partial charge < -0.3 is 20.1 Å². The molecular weight excluding hydrogens is 281 g/mol. The summed E-state index contributed by atoms with van der Waals surface area (Å²) in [5.41, 5.74) is 0.875. The Morgan fingerprint density at radius 2 is 2.30 bits per heavy atom. The molecule has 104 valence electrons. The Morgan fingerprint density at radius 1 is 1.50 bits per heavy atom. The summed E-state index contributed by atoms with van der Waals surface area (Å²) < 4.78 is 5.14. The molecule has 1 aliphatic rings. The summed E-state index contributed by atoms with van der Waals surface area (Å²) in [6, 6.07) is 4.68. The summed E-state index contributed by atoms with van der Waals surface area (Å²) in [7, 11) is -0.0650. The normalized spacial score (nSPS) is 16.8. The Hall–Kier alpha value is -1.84. The van der Waals surface area contributed by atoms with Gasteiger partial charge in [-0.1, -0.05) is 17.8 Å². The minimum Gasteiger partial charge on any atom is -0.496 e. The standard InChI is InChI=1S/C11H12BN3O4S/c1-19-9-3-2-8(12(17)18)4-7(9)5-13-15-11-14-10(16)6-20-11/h2-5,17-18H,6H2,1H3,(H,14,15,16). The summed E-state index contributed by atoms with van der Waals surface area (Å²) in [5.74, 6) is 0.762. The molecule has 1 fully saturated rings. The third-order valence-electron chi connectivity index (χ3n) is 2.48. The number of carbonyl (C=O) groups excluding carboxylic acids is 1. The smallest absolute Gasteiger partial charge is 0.488 e. The van der Waals surface area contributed by atoms with Gasteiger partial charge in [-0.2, -0.15) is 5.10 Å². The highest BCUT2D eigenvalue weighted by Crippen LogP contribution is 2.14. The van der Waals surface area contributed by atoms with Crippen molar-refractivity contribution in [2.45, 2.75) is 0 Å². The maximum Gasteiger partial charge on any atom is 0.488 e. The molecule has 1 amide bonds. The third-order valence-corrected chi connectivity index (χ3v) is 3.35. The molecule has 9 heteroatoms. The Morgan fingerprint density at radius 3 is 2.90 bits per heavy atom. The topological polar surface area (TPSA) is 104 Å². The van der Waals surface area contributed by atoms with Crippen molar-refractivity contribution >= 4 is 41.6 Å². The highest BCUT2D eigenvalue weighted by atomic mass is 32.2. The number of hydrogen-bond donors (Lipinski definition) is 3. The van der Waals surface area contributed by atoms with Gasteiger partial charge in [-0.25, -0.2) is 0 Å². The number of hydrogen-bond acceptors (Lipinski definition) is 7. The Bertz CT molecular complexity index is 577. The van der Waals surface area contributed by atoms with E-state index in [9.17, 15) is 4.79 Å². The number of thioether (sulfide) groups is 1. The second kappa shape index (κ2) is 6.55. The molecule has 0 aliphatic carbocycles. The van der Waals surface area contributed by atoms with E-state index in [1.165, 1.54) is 31.2 Å². The second-order valence-electron chi connectivity index (χ2n) is 3.86. The van der Waals surface area contributed by atoms with E-state index in [1.807, 2.05) is 0 Å². The lowest BCUT2D eigenvalue weighted by molar-refractivity contribution is -0.116. The highest BCUT2D eigenvalue weighted by molar-refractivity contribution is 8.15. The first-order chi connectivity index (χ1) is 9.60. The summed E-state index contributed by atoms with van der Waals surface area (Å²) >= 11 is 1.27. The van der Waals surface area contributed by atoms with Gasteiger partial charge in [-0.05, 0) is 17.6 Å². The first-order valence-electron chi connectivity index (χ1n) is 5.68. The first kappa shape index (κ1) is 14.6. The maximum absolute atomic E-state index is 11.0. The van der Waals surface area contributed by atoms with Gasteiger partial charge in [0, 0.05) is 5.56 Å². The van der Waals surface area contributed by atoms with E-state index in [-0.39, 0.29) is 5.91 Å². The van der Waals surface area contributed by atoms with Gasteiger partial charge in [0.25, 0.3) is 0 Å². The summed E-state index contributed by atoms with van der Waals surface area (Å²) in [5, 5.41) is 28.9. The molecule has 0 spiro atoms. The Balaban J connectivity index is 2.18. The molecular formula is C11H12BN3O4S. The van der Waals surface area contributed by atoms with Crippen molar-refractivity contribution in [3.63, 3.8) is 0 Å². The predicted octanol–water partition coefficient (Wildman–Crippen LogP) is -1.07. The van der Waals surface area contributed by atoms with Crippen molar-refractivity contribution in [1.29, 1.82) is 0 Å². The van der Waals surface area contributed by atoms with E-state index in [4.69, 9.17) is 14.8 Å². The molecule has 0 bridgehead atoms. The fraction of sp³-hybridized carbons (Fsp3) is 0.182. The van der Waals surface area contributed by atoms with Crippen molar-refractivity contribution in [3.05, 3.63) is 23.8 Å². The number of amidine groups is 1. The largest absolute Gasteiger partial charge is 0.496 e. The molecule has 1 aliphatic heterocycles. The maximum atomic E-state index is 11.0. The van der Waals surface area contributed by atoms with Crippen LogP contribution >= 0.6 is 11.8 Å². The number of ether oxygens (including phenoxy) is 1. The summed E-state index contributed by atoms with van der Waals surface area (Å²) in [6.07, 6.45) is 1.42. The van der Waals surface area contributed by atoms with Crippen molar-refractivity contribution < 1.29 is 19.6 Å². The van der Waals surface area contributed by atoms with Gasteiger partial charge in [-0.3, -0.25) is 4.79 Å². The van der Waals surface area contributed by atoms with Gasteiger partial charge >= 0.3 is 7.12 Å². The van der Waals surface area contributed by atoms with Crippen LogP contribution in [0.1, 0.15) is 5.56 Å². The number of amides is 1. The van der Waals surface area contributed by atoms with Crippen LogP contribution in [0.2, 0.25) is 0 Å². The lowest BCUT2D eigenvalue weighted by Gasteiger charge is -2.06. The van der Waals surface area contributed by atoms with E-state index in [2.05, 4.69) is 15.5 Å². The molecule has 1 aromatic rings. The van der Waals surface area contributed by atoms with Crippen LogP contribution in [0.15, 0.2) is 28.4 Å². The molecule has 7 nitrogen and oxygen atoms in total. The van der Waals surface area contributed by atoms with Gasteiger partial charge in [-0.15, -0.1) is 5.10 Å². The fourth-order valence-corrected chi connectivity index (χ4v) is 2.17. The molecule has 2 rings (SSSR count). The monoisotopic (exact) mass is 293 g/mol. The van der Waals surface area contributed by atoms with E-state index in [1.54, 1.807) is 12.1 Å². The minimum absolute atomic E-state index is 0.105. The van der Waals surface area contributed by atoms with Crippen LogP contribution in [-0.4, -0.2) is 47.3 Å². The number of rotatable bonds is 4. The fourth-order valence-electron chi connectivity index (χ4n) is 1.54. The zero-order valence-electron chi connectivity index (χ0n) is 10.6. The molecule has 20 heavy (non-hydrogen) atoms. The van der Waals surface area contributed by atoms with Crippen LogP contribution in [0.4, 0.5) is 0 Å². The third kappa shape index (κ3) is 3.59. The van der Waals surface area contributed by atoms with Gasteiger partial charge in [0.1, 0.15) is 5.75 Å². The van der Waals surface area contributed by atoms with Crippen LogP contribution in [0.5, 0.6) is 5.75 Å². The molecule has 1 saturated heterocycles. The lowest BCUT2D eigenvalue weighted by atomic mass is 9.79. The van der Waals surface area contributed by atoms with Gasteiger partial charge in [0.15, 0.2) is 5.17 Å². The second-order valence-corrected chi connectivity index (χ2v) is 4.83. The van der Waals surface area contributed by atoms with Crippen LogP contribution < -0.4 is 15.5 Å². The summed E-state index contributed by atoms with van der Waals surface area (Å²) in [4.78, 5) is 11.0. The molecule has 0 saturated carbocycles. The van der Waals surface area contributed by atoms with Crippen LogP contribution in [0.25, 0.3) is 0 Å². The Kier molecular flexibility index (Phi) is 4.77. The van der Waals surface area contributed by atoms with Gasteiger partial charge in [0.05, 0.1) is 19.1 Å². The van der Waals surface area contributed by atoms with E-state index in [0.717, 1.165) is 0 Å². The predicted molar refractivity (Wildman–Crippen MR) is 78.4 cm³/mol. The number of benzene rings is 1.